The van der Waals surface area contributed by atoms with Crippen molar-refractivity contribution in [1.29, 1.82) is 0 Å². The smallest absolute Gasteiger partial charge is 0.218 e. The van der Waals surface area contributed by atoms with Crippen LogP contribution in [-0.4, -0.2) is 20.1 Å². The summed E-state index contributed by atoms with van der Waals surface area (Å²) in [4.78, 5) is 15.0. The summed E-state index contributed by atoms with van der Waals surface area (Å²) in [6.45, 7) is 0. The second-order valence-corrected chi connectivity index (χ2v) is 8.78. The van der Waals surface area contributed by atoms with Gasteiger partial charge >= 0.3 is 0 Å². The predicted octanol–water partition coefficient (Wildman–Crippen LogP) is 6.84. The predicted molar refractivity (Wildman–Crippen MR) is 124 cm³/mol. The molecule has 0 saturated carbocycles. The van der Waals surface area contributed by atoms with Gasteiger partial charge in [0.05, 0.1) is 10.9 Å². The molecule has 0 aliphatic heterocycles. The van der Waals surface area contributed by atoms with E-state index in [9.17, 15) is 5.11 Å². The Balaban J connectivity index is 1.56. The third kappa shape index (κ3) is 3.09. The van der Waals surface area contributed by atoms with Crippen molar-refractivity contribution >= 4 is 44.0 Å². The molecule has 0 atom stereocenters. The van der Waals surface area contributed by atoms with Crippen LogP contribution in [0.5, 0.6) is 5.88 Å². The molecule has 0 amide bonds. The first-order valence-electron chi connectivity index (χ1n) is 10.4. The van der Waals surface area contributed by atoms with Gasteiger partial charge in [-0.25, -0.2) is 9.97 Å². The molecule has 0 saturated heterocycles. The molecule has 31 heavy (non-hydrogen) atoms. The molecule has 0 spiro atoms. The maximum absolute atomic E-state index is 10.4. The quantitative estimate of drug-likeness (QED) is 0.310. The number of H-pyrrole nitrogens is 1. The maximum atomic E-state index is 10.4. The molecule has 7 heteroatoms. The summed E-state index contributed by atoms with van der Waals surface area (Å²) in [7, 11) is 0. The monoisotopic (exact) mass is 425 g/mol. The van der Waals surface area contributed by atoms with Crippen molar-refractivity contribution in [1.82, 2.24) is 15.0 Å². The van der Waals surface area contributed by atoms with Crippen LogP contribution >= 0.6 is 11.3 Å². The van der Waals surface area contributed by atoms with Crippen LogP contribution in [0.4, 0.5) is 11.5 Å². The minimum absolute atomic E-state index is 0.00544. The first-order chi connectivity index (χ1) is 15.3. The van der Waals surface area contributed by atoms with E-state index in [0.717, 1.165) is 39.5 Å². The highest BCUT2D eigenvalue weighted by molar-refractivity contribution is 7.19. The zero-order valence-corrected chi connectivity index (χ0v) is 17.5. The Kier molecular flexibility index (Phi) is 4.28. The molecular weight excluding hydrogens is 406 g/mol. The normalized spacial score (nSPS) is 13.9. The summed E-state index contributed by atoms with van der Waals surface area (Å²) in [5.74, 6) is 1.21. The number of aromatic hydroxyl groups is 1. The molecule has 3 heterocycles. The van der Waals surface area contributed by atoms with Crippen molar-refractivity contribution in [3.63, 3.8) is 0 Å². The van der Waals surface area contributed by atoms with Crippen LogP contribution < -0.4 is 0 Å². The number of aryl methyl sites for hydroxylation is 2. The minimum Gasteiger partial charge on any atom is -0.493 e. The van der Waals surface area contributed by atoms with E-state index in [0.29, 0.717) is 17.3 Å². The summed E-state index contributed by atoms with van der Waals surface area (Å²) in [5.41, 5.74) is 3.50. The molecule has 1 aliphatic carbocycles. The van der Waals surface area contributed by atoms with Crippen molar-refractivity contribution in [3.05, 3.63) is 65.0 Å². The van der Waals surface area contributed by atoms with E-state index >= 15 is 0 Å². The van der Waals surface area contributed by atoms with Crippen LogP contribution in [0.3, 0.4) is 0 Å². The Morgan fingerprint density at radius 2 is 1.71 bits per heavy atom. The summed E-state index contributed by atoms with van der Waals surface area (Å²) in [6, 6.07) is 17.6. The molecule has 0 radical (unpaired) electrons. The van der Waals surface area contributed by atoms with E-state index in [1.165, 1.54) is 23.3 Å². The van der Waals surface area contributed by atoms with E-state index in [1.807, 2.05) is 54.6 Å². The largest absolute Gasteiger partial charge is 0.493 e. The van der Waals surface area contributed by atoms with Gasteiger partial charge in [-0.2, -0.15) is 0 Å². The van der Waals surface area contributed by atoms with E-state index < -0.39 is 0 Å². The molecular formula is C24H19N5OS. The number of azo groups is 1. The Morgan fingerprint density at radius 3 is 2.61 bits per heavy atom. The first kappa shape index (κ1) is 18.2. The average molecular weight is 426 g/mol. The van der Waals surface area contributed by atoms with E-state index in [1.54, 1.807) is 11.3 Å². The molecule has 2 aromatic carbocycles. The van der Waals surface area contributed by atoms with Crippen molar-refractivity contribution < 1.29 is 5.11 Å². The number of thiophene rings is 1. The molecule has 5 aromatic rings. The van der Waals surface area contributed by atoms with Crippen LogP contribution in [-0.2, 0) is 12.8 Å². The van der Waals surface area contributed by atoms with Gasteiger partial charge in [0, 0.05) is 15.8 Å². The molecule has 0 unspecified atom stereocenters. The second kappa shape index (κ2) is 7.28. The van der Waals surface area contributed by atoms with Gasteiger partial charge in [0.2, 0.25) is 5.88 Å². The number of fused-ring (bicyclic) bond motifs is 4. The molecule has 6 rings (SSSR count). The fourth-order valence-corrected chi connectivity index (χ4v) is 5.49. The molecule has 1 aliphatic rings. The summed E-state index contributed by atoms with van der Waals surface area (Å²) in [6.07, 6.45) is 4.47. The number of rotatable bonds is 3. The van der Waals surface area contributed by atoms with Crippen LogP contribution in [0, 0.1) is 0 Å². The van der Waals surface area contributed by atoms with Crippen molar-refractivity contribution in [2.24, 2.45) is 10.2 Å². The third-order valence-corrected chi connectivity index (χ3v) is 6.92. The van der Waals surface area contributed by atoms with Gasteiger partial charge < -0.3 is 10.1 Å². The number of nitrogens with zero attached hydrogens (tertiary/aromatic N) is 4. The first-order valence-corrected chi connectivity index (χ1v) is 11.2. The van der Waals surface area contributed by atoms with Gasteiger partial charge in [0.15, 0.2) is 17.3 Å². The average Bonchev–Trinajstić information content (AvgIpc) is 3.34. The highest BCUT2D eigenvalue weighted by atomic mass is 32.1. The molecule has 0 bridgehead atoms. The SMILES string of the molecule is Oc1[nH]c2ccccc2c1N=Nc1nc(-c2ccccc2)nc2sc3c(c12)CCCC3. The van der Waals surface area contributed by atoms with Crippen LogP contribution in [0.25, 0.3) is 32.5 Å². The van der Waals surface area contributed by atoms with Crippen molar-refractivity contribution in [2.45, 2.75) is 25.7 Å². The van der Waals surface area contributed by atoms with Gasteiger partial charge in [0.25, 0.3) is 0 Å². The lowest BCUT2D eigenvalue weighted by Crippen LogP contribution is -1.98. The molecule has 2 N–H and O–H groups in total. The number of benzene rings is 2. The van der Waals surface area contributed by atoms with Crippen LogP contribution in [0.2, 0.25) is 0 Å². The van der Waals surface area contributed by atoms with Crippen molar-refractivity contribution in [3.8, 4) is 17.3 Å². The topological polar surface area (TPSA) is 86.5 Å². The highest BCUT2D eigenvalue weighted by Gasteiger charge is 2.22. The van der Waals surface area contributed by atoms with Gasteiger partial charge in [-0.1, -0.05) is 48.5 Å². The Labute approximate surface area is 182 Å². The fraction of sp³-hybridized carbons (Fsp3) is 0.167. The minimum atomic E-state index is 0.00544. The van der Waals surface area contributed by atoms with E-state index in [4.69, 9.17) is 9.97 Å². The number of hydrogen-bond donors (Lipinski definition) is 2. The zero-order valence-electron chi connectivity index (χ0n) is 16.7. The lowest BCUT2D eigenvalue weighted by molar-refractivity contribution is 0.459. The Morgan fingerprint density at radius 1 is 0.903 bits per heavy atom. The number of nitrogens with one attached hydrogen (secondary N) is 1. The Hall–Kier alpha value is -3.58. The van der Waals surface area contributed by atoms with Gasteiger partial charge in [-0.3, -0.25) is 0 Å². The summed E-state index contributed by atoms with van der Waals surface area (Å²) in [5, 5.41) is 21.2. The highest BCUT2D eigenvalue weighted by Crippen LogP contribution is 2.42. The molecule has 6 nitrogen and oxygen atoms in total. The van der Waals surface area contributed by atoms with E-state index in [2.05, 4.69) is 15.2 Å². The standard InChI is InChI=1S/C24H19N5OS/c30-23-20(15-10-4-6-12-17(15)25-23)28-29-22-19-16-11-5-7-13-18(16)31-24(19)27-21(26-22)14-8-2-1-3-9-14/h1-4,6,8-10,12,25,30H,5,7,11,13H2. The van der Waals surface area contributed by atoms with Crippen molar-refractivity contribution in [2.75, 3.05) is 0 Å². The van der Waals surface area contributed by atoms with E-state index in [-0.39, 0.29) is 5.88 Å². The number of hydrogen-bond acceptors (Lipinski definition) is 6. The van der Waals surface area contributed by atoms with Crippen LogP contribution in [0.1, 0.15) is 23.3 Å². The number of aromatic amines is 1. The van der Waals surface area contributed by atoms with Gasteiger partial charge in [-0.15, -0.1) is 21.6 Å². The summed E-state index contributed by atoms with van der Waals surface area (Å²) >= 11 is 1.74. The third-order valence-electron chi connectivity index (χ3n) is 5.73. The number of para-hydroxylation sites is 1. The zero-order chi connectivity index (χ0) is 20.8. The fourth-order valence-electron chi connectivity index (χ4n) is 4.24. The van der Waals surface area contributed by atoms with Gasteiger partial charge in [-0.05, 0) is 37.3 Å². The summed E-state index contributed by atoms with van der Waals surface area (Å²) < 4.78 is 0. The lowest BCUT2D eigenvalue weighted by atomic mass is 9.97. The second-order valence-electron chi connectivity index (χ2n) is 7.70. The maximum Gasteiger partial charge on any atom is 0.218 e. The van der Waals surface area contributed by atoms with Gasteiger partial charge in [0.1, 0.15) is 4.83 Å². The lowest BCUT2D eigenvalue weighted by Gasteiger charge is -2.10. The van der Waals surface area contributed by atoms with Crippen LogP contribution in [0.15, 0.2) is 64.8 Å². The Bertz CT molecular complexity index is 1450. The molecule has 152 valence electrons. The molecule has 3 aromatic heterocycles. The molecule has 0 fully saturated rings. The number of aromatic nitrogens is 3.